The Bertz CT molecular complexity index is 652. The second-order valence-corrected chi connectivity index (χ2v) is 5.91. The number of hydrogen-bond acceptors (Lipinski definition) is 4. The van der Waals surface area contributed by atoms with E-state index in [-0.39, 0.29) is 12.4 Å². The number of ether oxygens (including phenoxy) is 2. The van der Waals surface area contributed by atoms with Gasteiger partial charge in [0.2, 0.25) is 0 Å². The van der Waals surface area contributed by atoms with Crippen molar-refractivity contribution in [1.82, 2.24) is 0 Å². The van der Waals surface area contributed by atoms with Crippen molar-refractivity contribution in [2.75, 3.05) is 6.61 Å². The number of benzene rings is 2. The summed E-state index contributed by atoms with van der Waals surface area (Å²) in [6.45, 7) is 2.20. The van der Waals surface area contributed by atoms with Gasteiger partial charge in [0.05, 0.1) is 6.61 Å². The van der Waals surface area contributed by atoms with Crippen molar-refractivity contribution >= 4 is 11.8 Å². The second kappa shape index (κ2) is 10.3. The average molecular weight is 340 g/mol. The van der Waals surface area contributed by atoms with Crippen LogP contribution in [0.2, 0.25) is 0 Å². The molecule has 25 heavy (non-hydrogen) atoms. The number of carbonyl (C=O) groups excluding carboxylic acids is 2. The van der Waals surface area contributed by atoms with E-state index in [4.69, 9.17) is 9.47 Å². The maximum Gasteiger partial charge on any atom is 0.316 e. The van der Waals surface area contributed by atoms with Crippen LogP contribution in [0, 0.1) is 5.92 Å². The maximum atomic E-state index is 12.2. The molecule has 0 bridgehead atoms. The molecule has 0 aliphatic rings. The zero-order chi connectivity index (χ0) is 17.9. The first-order valence-electron chi connectivity index (χ1n) is 8.55. The van der Waals surface area contributed by atoms with Gasteiger partial charge in [-0.05, 0) is 43.9 Å². The van der Waals surface area contributed by atoms with Gasteiger partial charge in [0.15, 0.2) is 0 Å². The molecule has 4 nitrogen and oxygen atoms in total. The lowest BCUT2D eigenvalue weighted by Crippen LogP contribution is -2.24. The molecule has 0 amide bonds. The Morgan fingerprint density at radius 3 is 2.20 bits per heavy atom. The zero-order valence-electron chi connectivity index (χ0n) is 14.5. The highest BCUT2D eigenvalue weighted by Crippen LogP contribution is 2.15. The van der Waals surface area contributed by atoms with Crippen molar-refractivity contribution in [3.63, 3.8) is 0 Å². The van der Waals surface area contributed by atoms with Crippen LogP contribution in [0.25, 0.3) is 0 Å². The summed E-state index contributed by atoms with van der Waals surface area (Å²) in [4.78, 5) is 23.9. The van der Waals surface area contributed by atoms with E-state index in [9.17, 15) is 9.59 Å². The summed E-state index contributed by atoms with van der Waals surface area (Å²) in [5.41, 5.74) is 0.911. The van der Waals surface area contributed by atoms with Gasteiger partial charge in [-0.15, -0.1) is 0 Å². The Labute approximate surface area is 148 Å². The SMILES string of the molecule is CC(=O)C(CCCCOc1ccccc1)C(=O)OCc1ccccc1. The summed E-state index contributed by atoms with van der Waals surface area (Å²) < 4.78 is 10.9. The van der Waals surface area contributed by atoms with Crippen molar-refractivity contribution in [2.45, 2.75) is 32.8 Å². The number of unbranched alkanes of at least 4 members (excludes halogenated alkanes) is 1. The highest BCUT2D eigenvalue weighted by Gasteiger charge is 2.24. The molecule has 2 aromatic rings. The highest BCUT2D eigenvalue weighted by molar-refractivity contribution is 5.97. The van der Waals surface area contributed by atoms with E-state index in [0.717, 1.165) is 24.2 Å². The number of para-hydroxylation sites is 1. The van der Waals surface area contributed by atoms with Crippen LogP contribution in [0.3, 0.4) is 0 Å². The van der Waals surface area contributed by atoms with E-state index < -0.39 is 11.9 Å². The first-order chi connectivity index (χ1) is 12.2. The number of carbonyl (C=O) groups is 2. The summed E-state index contributed by atoms with van der Waals surface area (Å²) in [7, 11) is 0. The van der Waals surface area contributed by atoms with E-state index >= 15 is 0 Å². The molecule has 1 unspecified atom stereocenters. The van der Waals surface area contributed by atoms with Crippen LogP contribution in [0.15, 0.2) is 60.7 Å². The number of hydrogen-bond donors (Lipinski definition) is 0. The fraction of sp³-hybridized carbons (Fsp3) is 0.333. The summed E-state index contributed by atoms with van der Waals surface area (Å²) >= 11 is 0. The number of ketones is 1. The molecule has 132 valence electrons. The Balaban J connectivity index is 1.70. The largest absolute Gasteiger partial charge is 0.494 e. The third kappa shape index (κ3) is 6.79. The molecule has 4 heteroatoms. The Morgan fingerprint density at radius 2 is 1.56 bits per heavy atom. The van der Waals surface area contributed by atoms with Crippen LogP contribution in [-0.4, -0.2) is 18.4 Å². The van der Waals surface area contributed by atoms with Gasteiger partial charge in [-0.3, -0.25) is 9.59 Å². The number of rotatable bonds is 10. The molecular weight excluding hydrogens is 316 g/mol. The van der Waals surface area contributed by atoms with Crippen LogP contribution in [0.1, 0.15) is 31.7 Å². The Kier molecular flexibility index (Phi) is 7.70. The predicted molar refractivity (Wildman–Crippen MR) is 96.2 cm³/mol. The van der Waals surface area contributed by atoms with Gasteiger partial charge in [0, 0.05) is 0 Å². The molecule has 0 aromatic heterocycles. The smallest absolute Gasteiger partial charge is 0.316 e. The molecule has 0 saturated heterocycles. The predicted octanol–water partition coefficient (Wildman–Crippen LogP) is 4.18. The molecule has 1 atom stereocenters. The molecule has 0 aliphatic carbocycles. The molecule has 0 spiro atoms. The van der Waals surface area contributed by atoms with Gasteiger partial charge in [-0.25, -0.2) is 0 Å². The minimum absolute atomic E-state index is 0.151. The van der Waals surface area contributed by atoms with E-state index in [1.54, 1.807) is 0 Å². The number of esters is 1. The number of Topliss-reactive ketones (excluding diaryl/α,β-unsaturated/α-hetero) is 1. The monoisotopic (exact) mass is 340 g/mol. The third-order valence-corrected chi connectivity index (χ3v) is 3.90. The molecule has 0 heterocycles. The highest BCUT2D eigenvalue weighted by atomic mass is 16.5. The standard InChI is InChI=1S/C21H24O4/c1-17(22)20(21(23)25-16-18-10-4-2-5-11-18)14-8-9-15-24-19-12-6-3-7-13-19/h2-7,10-13,20H,8-9,14-16H2,1H3. The normalized spacial score (nSPS) is 11.6. The van der Waals surface area contributed by atoms with Crippen molar-refractivity contribution < 1.29 is 19.1 Å². The van der Waals surface area contributed by atoms with Crippen LogP contribution in [0.5, 0.6) is 5.75 Å². The molecule has 0 aliphatic heterocycles. The minimum Gasteiger partial charge on any atom is -0.494 e. The first-order valence-corrected chi connectivity index (χ1v) is 8.55. The van der Waals surface area contributed by atoms with E-state index in [1.165, 1.54) is 6.92 Å². The quantitative estimate of drug-likeness (QED) is 0.370. The maximum absolute atomic E-state index is 12.2. The second-order valence-electron chi connectivity index (χ2n) is 5.91. The van der Waals surface area contributed by atoms with Crippen LogP contribution < -0.4 is 4.74 Å². The van der Waals surface area contributed by atoms with E-state index in [0.29, 0.717) is 13.0 Å². The van der Waals surface area contributed by atoms with Crippen molar-refractivity contribution in [1.29, 1.82) is 0 Å². The first kappa shape index (κ1) is 18.7. The van der Waals surface area contributed by atoms with Crippen LogP contribution in [0.4, 0.5) is 0 Å². The summed E-state index contributed by atoms with van der Waals surface area (Å²) in [5, 5.41) is 0. The Morgan fingerprint density at radius 1 is 0.920 bits per heavy atom. The summed E-state index contributed by atoms with van der Waals surface area (Å²) in [6.07, 6.45) is 2.00. The van der Waals surface area contributed by atoms with Gasteiger partial charge in [-0.2, -0.15) is 0 Å². The fourth-order valence-corrected chi connectivity index (χ4v) is 2.47. The molecular formula is C21H24O4. The van der Waals surface area contributed by atoms with Crippen LogP contribution >= 0.6 is 0 Å². The van der Waals surface area contributed by atoms with E-state index in [1.807, 2.05) is 60.7 Å². The van der Waals surface area contributed by atoms with Gasteiger partial charge < -0.3 is 9.47 Å². The van der Waals surface area contributed by atoms with Gasteiger partial charge >= 0.3 is 5.97 Å². The fourth-order valence-electron chi connectivity index (χ4n) is 2.47. The summed E-state index contributed by atoms with van der Waals surface area (Å²) in [6, 6.07) is 19.0. The molecule has 0 fully saturated rings. The van der Waals surface area contributed by atoms with Crippen molar-refractivity contribution in [2.24, 2.45) is 5.92 Å². The molecule has 0 radical (unpaired) electrons. The molecule has 2 aromatic carbocycles. The van der Waals surface area contributed by atoms with Crippen molar-refractivity contribution in [3.05, 3.63) is 66.2 Å². The van der Waals surface area contributed by atoms with Gasteiger partial charge in [0.25, 0.3) is 0 Å². The molecule has 2 rings (SSSR count). The molecule has 0 saturated carbocycles. The van der Waals surface area contributed by atoms with E-state index in [2.05, 4.69) is 0 Å². The van der Waals surface area contributed by atoms with Crippen molar-refractivity contribution in [3.8, 4) is 5.75 Å². The zero-order valence-corrected chi connectivity index (χ0v) is 14.5. The lowest BCUT2D eigenvalue weighted by molar-refractivity contribution is -0.153. The lowest BCUT2D eigenvalue weighted by atomic mass is 9.98. The lowest BCUT2D eigenvalue weighted by Gasteiger charge is -2.13. The van der Waals surface area contributed by atoms with Gasteiger partial charge in [-0.1, -0.05) is 48.5 Å². The average Bonchev–Trinajstić information content (AvgIpc) is 2.64. The topological polar surface area (TPSA) is 52.6 Å². The third-order valence-electron chi connectivity index (χ3n) is 3.90. The molecule has 0 N–H and O–H groups in total. The van der Waals surface area contributed by atoms with Gasteiger partial charge in [0.1, 0.15) is 24.1 Å². The minimum atomic E-state index is -0.694. The summed E-state index contributed by atoms with van der Waals surface area (Å²) in [5.74, 6) is -0.462. The Hall–Kier alpha value is -2.62. The van der Waals surface area contributed by atoms with Crippen LogP contribution in [-0.2, 0) is 20.9 Å².